The second-order valence-corrected chi connectivity index (χ2v) is 10.2. The van der Waals surface area contributed by atoms with E-state index in [-0.39, 0.29) is 16.5 Å². The van der Waals surface area contributed by atoms with Gasteiger partial charge in [-0.1, -0.05) is 24.3 Å². The fourth-order valence-electron chi connectivity index (χ4n) is 3.83. The van der Waals surface area contributed by atoms with Gasteiger partial charge < -0.3 is 0 Å². The van der Waals surface area contributed by atoms with Crippen molar-refractivity contribution in [2.45, 2.75) is 9.79 Å². The van der Waals surface area contributed by atoms with Crippen molar-refractivity contribution in [2.75, 3.05) is 12.5 Å². The Bertz CT molecular complexity index is 1420. The summed E-state index contributed by atoms with van der Waals surface area (Å²) in [5, 5.41) is 0. The molecule has 6 rings (SSSR count). The Kier molecular flexibility index (Phi) is 11.1. The van der Waals surface area contributed by atoms with Crippen LogP contribution in [0.25, 0.3) is 45.6 Å². The summed E-state index contributed by atoms with van der Waals surface area (Å²) in [7, 11) is 0. The summed E-state index contributed by atoms with van der Waals surface area (Å²) in [5.41, 5.74) is 7.00. The number of thioether (sulfide) groups is 2. The number of nitrogens with zero attached hydrogens (tertiary/aromatic N) is 6. The van der Waals surface area contributed by atoms with Crippen LogP contribution >= 0.6 is 23.5 Å². The first-order valence-corrected chi connectivity index (χ1v) is 15.0. The van der Waals surface area contributed by atoms with E-state index >= 15 is 0 Å². The number of aromatic nitrogens is 6. The van der Waals surface area contributed by atoms with Crippen LogP contribution in [0.3, 0.4) is 0 Å². The maximum absolute atomic E-state index is 4.68. The molecule has 6 aromatic heterocycles. The summed E-state index contributed by atoms with van der Waals surface area (Å²) in [4.78, 5) is 29.1. The molecule has 6 nitrogen and oxygen atoms in total. The van der Waals surface area contributed by atoms with Gasteiger partial charge in [-0.3, -0.25) is 19.9 Å². The third kappa shape index (κ3) is 8.07. The van der Waals surface area contributed by atoms with Crippen molar-refractivity contribution in [1.29, 1.82) is 0 Å². The molecule has 9 heteroatoms. The molecule has 0 bridgehead atoms. The molecule has 0 aromatic carbocycles. The quantitative estimate of drug-likeness (QED) is 0.138. The number of hydrogen-bond donors (Lipinski definition) is 0. The van der Waals surface area contributed by atoms with E-state index in [4.69, 9.17) is 0 Å². The third-order valence-electron chi connectivity index (χ3n) is 5.78. The summed E-state index contributed by atoms with van der Waals surface area (Å²) >= 11 is 3.38. The van der Waals surface area contributed by atoms with Crippen LogP contribution < -0.4 is 0 Å². The Balaban J connectivity index is 0.000000184. The van der Waals surface area contributed by atoms with Crippen LogP contribution in [0, 0.1) is 0 Å². The SMILES string of the molecule is CSc1cc(-c2ccccn2)nc(-c2ccccn2)c1.CSc1cc(-c2ccccn2)nc(-c2ccccn2)c1.[Ni]. The summed E-state index contributed by atoms with van der Waals surface area (Å²) in [6, 6.07) is 31.6. The summed E-state index contributed by atoms with van der Waals surface area (Å²) < 4.78 is 0. The monoisotopic (exact) mass is 616 g/mol. The average molecular weight is 617 g/mol. The van der Waals surface area contributed by atoms with Crippen molar-refractivity contribution >= 4 is 23.5 Å². The Labute approximate surface area is 258 Å². The van der Waals surface area contributed by atoms with Gasteiger partial charge in [-0.05, 0) is 85.3 Å². The molecule has 6 heterocycles. The third-order valence-corrected chi connectivity index (χ3v) is 7.19. The van der Waals surface area contributed by atoms with E-state index < -0.39 is 0 Å². The smallest absolute Gasteiger partial charge is 0.0905 e. The largest absolute Gasteiger partial charge is 0.255 e. The van der Waals surface area contributed by atoms with Gasteiger partial charge in [-0.2, -0.15) is 0 Å². The predicted molar refractivity (Wildman–Crippen MR) is 165 cm³/mol. The molecule has 0 unspecified atom stereocenters. The van der Waals surface area contributed by atoms with Crippen LogP contribution in [-0.4, -0.2) is 42.4 Å². The number of pyridine rings is 6. The zero-order valence-electron chi connectivity index (χ0n) is 22.4. The maximum atomic E-state index is 4.68. The van der Waals surface area contributed by atoms with Gasteiger partial charge in [0.15, 0.2) is 0 Å². The van der Waals surface area contributed by atoms with Crippen LogP contribution in [0.15, 0.2) is 132 Å². The zero-order valence-corrected chi connectivity index (χ0v) is 25.0. The molecule has 0 radical (unpaired) electrons. The molecule has 0 aliphatic rings. The minimum Gasteiger partial charge on any atom is -0.255 e. The molecule has 41 heavy (non-hydrogen) atoms. The second-order valence-electron chi connectivity index (χ2n) is 8.41. The Hall–Kier alpha value is -3.91. The molecule has 0 aliphatic heterocycles. The minimum atomic E-state index is 0. The molecule has 0 saturated heterocycles. The predicted octanol–water partition coefficient (Wildman–Crippen LogP) is 7.85. The van der Waals surface area contributed by atoms with Gasteiger partial charge in [0, 0.05) is 51.1 Å². The Morgan fingerprint density at radius 3 is 0.854 bits per heavy atom. The van der Waals surface area contributed by atoms with Crippen LogP contribution in [0.1, 0.15) is 0 Å². The van der Waals surface area contributed by atoms with E-state index in [1.54, 1.807) is 48.3 Å². The second kappa shape index (κ2) is 15.2. The van der Waals surface area contributed by atoms with E-state index in [1.807, 2.05) is 72.8 Å². The van der Waals surface area contributed by atoms with Gasteiger partial charge in [0.2, 0.25) is 0 Å². The summed E-state index contributed by atoms with van der Waals surface area (Å²) in [6.07, 6.45) is 11.2. The van der Waals surface area contributed by atoms with Gasteiger partial charge in [-0.25, -0.2) is 9.97 Å². The molecule has 0 fully saturated rings. The molecule has 6 aromatic rings. The first kappa shape index (κ1) is 30.1. The van der Waals surface area contributed by atoms with Crippen molar-refractivity contribution in [3.63, 3.8) is 0 Å². The fourth-order valence-corrected chi connectivity index (χ4v) is 4.75. The van der Waals surface area contributed by atoms with E-state index in [0.29, 0.717) is 0 Å². The molecule has 0 spiro atoms. The standard InChI is InChI=1S/2C16H13N3S.Ni/c2*1-20-12-10-15(13-6-2-4-8-17-13)19-16(11-12)14-7-3-5-9-18-14;/h2*2-11H,1H3;. The summed E-state index contributed by atoms with van der Waals surface area (Å²) in [5.74, 6) is 0. The average Bonchev–Trinajstić information content (AvgIpc) is 3.06. The molecule has 0 atom stereocenters. The van der Waals surface area contributed by atoms with Crippen molar-refractivity contribution in [2.24, 2.45) is 0 Å². The number of hydrogen-bond acceptors (Lipinski definition) is 8. The molecule has 0 N–H and O–H groups in total. The van der Waals surface area contributed by atoms with E-state index in [2.05, 4.69) is 66.7 Å². The molecule has 0 amide bonds. The van der Waals surface area contributed by atoms with E-state index in [1.165, 1.54) is 0 Å². The first-order valence-electron chi connectivity index (χ1n) is 12.5. The van der Waals surface area contributed by atoms with Gasteiger partial charge in [0.25, 0.3) is 0 Å². The fraction of sp³-hybridized carbons (Fsp3) is 0.0625. The first-order chi connectivity index (χ1) is 19.7. The molecule has 206 valence electrons. The van der Waals surface area contributed by atoms with Crippen LogP contribution in [0.4, 0.5) is 0 Å². The van der Waals surface area contributed by atoms with E-state index in [0.717, 1.165) is 55.3 Å². The zero-order chi connectivity index (χ0) is 27.6. The van der Waals surface area contributed by atoms with Crippen molar-refractivity contribution in [3.05, 3.63) is 122 Å². The summed E-state index contributed by atoms with van der Waals surface area (Å²) in [6.45, 7) is 0. The van der Waals surface area contributed by atoms with Gasteiger partial charge >= 0.3 is 0 Å². The molecular formula is C32H26N6NiS2. The van der Waals surface area contributed by atoms with Gasteiger partial charge in [-0.15, -0.1) is 23.5 Å². The van der Waals surface area contributed by atoms with E-state index in [9.17, 15) is 0 Å². The normalized spacial score (nSPS) is 10.2. The Morgan fingerprint density at radius 1 is 0.390 bits per heavy atom. The maximum Gasteiger partial charge on any atom is 0.0905 e. The van der Waals surface area contributed by atoms with Gasteiger partial charge in [0.1, 0.15) is 0 Å². The topological polar surface area (TPSA) is 77.3 Å². The Morgan fingerprint density at radius 2 is 0.659 bits per heavy atom. The van der Waals surface area contributed by atoms with Crippen LogP contribution in [0.2, 0.25) is 0 Å². The van der Waals surface area contributed by atoms with Crippen LogP contribution in [0.5, 0.6) is 0 Å². The molecule has 0 aliphatic carbocycles. The van der Waals surface area contributed by atoms with Crippen LogP contribution in [-0.2, 0) is 16.5 Å². The molecule has 0 saturated carbocycles. The van der Waals surface area contributed by atoms with Gasteiger partial charge in [0.05, 0.1) is 45.6 Å². The molecular weight excluding hydrogens is 591 g/mol. The van der Waals surface area contributed by atoms with Crippen molar-refractivity contribution in [3.8, 4) is 45.6 Å². The minimum absolute atomic E-state index is 0. The van der Waals surface area contributed by atoms with Crippen molar-refractivity contribution in [1.82, 2.24) is 29.9 Å². The number of rotatable bonds is 6. The van der Waals surface area contributed by atoms with Crippen molar-refractivity contribution < 1.29 is 16.5 Å².